The van der Waals surface area contributed by atoms with Crippen LogP contribution >= 0.6 is 0 Å². The molecule has 0 unspecified atom stereocenters. The zero-order valence-electron chi connectivity index (χ0n) is 16.7. The zero-order chi connectivity index (χ0) is 21.7. The number of hydrogen-bond acceptors (Lipinski definition) is 4. The molecule has 9 heteroatoms. The highest BCUT2D eigenvalue weighted by atomic mass is 19.3. The molecule has 0 heterocycles. The van der Waals surface area contributed by atoms with Crippen LogP contribution < -0.4 is 20.1 Å². The van der Waals surface area contributed by atoms with Crippen molar-refractivity contribution in [3.63, 3.8) is 0 Å². The molecule has 0 atom stereocenters. The van der Waals surface area contributed by atoms with Crippen molar-refractivity contribution in [3.8, 4) is 11.5 Å². The van der Waals surface area contributed by atoms with E-state index in [2.05, 4.69) is 15.4 Å². The zero-order valence-corrected chi connectivity index (χ0v) is 16.7. The number of carbonyl (C=O) groups excluding carboxylic acids is 2. The number of ether oxygens (including phenoxy) is 2. The molecule has 2 aromatic carbocycles. The van der Waals surface area contributed by atoms with E-state index in [1.54, 1.807) is 43.4 Å². The van der Waals surface area contributed by atoms with Gasteiger partial charge >= 0.3 is 12.6 Å². The number of nitrogens with zero attached hydrogens (tertiary/aromatic N) is 1. The lowest BCUT2D eigenvalue weighted by molar-refractivity contribution is -0.0512. The van der Waals surface area contributed by atoms with Crippen LogP contribution in [0.5, 0.6) is 11.5 Å². The molecule has 1 aliphatic carbocycles. The maximum atomic E-state index is 12.8. The van der Waals surface area contributed by atoms with E-state index in [-0.39, 0.29) is 36.0 Å². The van der Waals surface area contributed by atoms with E-state index in [9.17, 15) is 18.4 Å². The molecule has 0 saturated heterocycles. The van der Waals surface area contributed by atoms with Crippen LogP contribution in [0.1, 0.15) is 28.8 Å². The quantitative estimate of drug-likeness (QED) is 0.681. The topological polar surface area (TPSA) is 79.9 Å². The molecule has 0 spiro atoms. The van der Waals surface area contributed by atoms with Crippen molar-refractivity contribution in [2.45, 2.75) is 32.0 Å². The molecule has 7 nitrogen and oxygen atoms in total. The second-order valence-corrected chi connectivity index (χ2v) is 6.98. The van der Waals surface area contributed by atoms with Crippen LogP contribution in [0.25, 0.3) is 0 Å². The fourth-order valence-corrected chi connectivity index (χ4v) is 2.88. The van der Waals surface area contributed by atoms with Gasteiger partial charge in [0.05, 0.1) is 7.11 Å². The lowest BCUT2D eigenvalue weighted by Gasteiger charge is -2.19. The third kappa shape index (κ3) is 5.82. The van der Waals surface area contributed by atoms with Gasteiger partial charge in [-0.15, -0.1) is 0 Å². The minimum absolute atomic E-state index is 0.0755. The molecule has 160 valence electrons. The number of rotatable bonds is 8. The Morgan fingerprint density at radius 2 is 1.93 bits per heavy atom. The van der Waals surface area contributed by atoms with Gasteiger partial charge in [0.25, 0.3) is 5.91 Å². The molecule has 0 aliphatic heterocycles. The summed E-state index contributed by atoms with van der Waals surface area (Å²) >= 11 is 0. The lowest BCUT2D eigenvalue weighted by Crippen LogP contribution is -2.30. The molecule has 1 saturated carbocycles. The predicted octanol–water partition coefficient (Wildman–Crippen LogP) is 3.85. The van der Waals surface area contributed by atoms with E-state index in [1.807, 2.05) is 0 Å². The van der Waals surface area contributed by atoms with Crippen molar-refractivity contribution in [2.24, 2.45) is 0 Å². The van der Waals surface area contributed by atoms with Crippen LogP contribution in [0.2, 0.25) is 0 Å². The fraction of sp³-hybridized carbons (Fsp3) is 0.333. The van der Waals surface area contributed by atoms with Gasteiger partial charge in [0.1, 0.15) is 0 Å². The number of alkyl halides is 2. The summed E-state index contributed by atoms with van der Waals surface area (Å²) in [6.45, 7) is -2.73. The molecule has 0 bridgehead atoms. The Morgan fingerprint density at radius 1 is 1.17 bits per heavy atom. The monoisotopic (exact) mass is 419 g/mol. The Morgan fingerprint density at radius 3 is 2.60 bits per heavy atom. The van der Waals surface area contributed by atoms with Crippen LogP contribution in [0.4, 0.5) is 19.3 Å². The predicted molar refractivity (Wildman–Crippen MR) is 107 cm³/mol. The molecule has 1 fully saturated rings. The number of nitrogens with one attached hydrogen (secondary N) is 2. The summed E-state index contributed by atoms with van der Waals surface area (Å²) in [6, 6.07) is 11.1. The minimum Gasteiger partial charge on any atom is -0.493 e. The third-order valence-electron chi connectivity index (χ3n) is 4.49. The molecule has 2 aromatic rings. The van der Waals surface area contributed by atoms with Crippen molar-refractivity contribution in [2.75, 3.05) is 19.5 Å². The fourth-order valence-electron chi connectivity index (χ4n) is 2.88. The third-order valence-corrected chi connectivity index (χ3v) is 4.49. The summed E-state index contributed by atoms with van der Waals surface area (Å²) in [5.41, 5.74) is 1.61. The number of amides is 3. The number of urea groups is 1. The summed E-state index contributed by atoms with van der Waals surface area (Å²) in [7, 11) is 2.97. The van der Waals surface area contributed by atoms with Gasteiger partial charge in [-0.05, 0) is 48.7 Å². The van der Waals surface area contributed by atoms with E-state index < -0.39 is 6.61 Å². The van der Waals surface area contributed by atoms with E-state index in [1.165, 1.54) is 18.1 Å². The average Bonchev–Trinajstić information content (AvgIpc) is 3.52. The van der Waals surface area contributed by atoms with Gasteiger partial charge in [0.15, 0.2) is 11.5 Å². The van der Waals surface area contributed by atoms with Gasteiger partial charge in [0, 0.05) is 30.9 Å². The summed E-state index contributed by atoms with van der Waals surface area (Å²) < 4.78 is 34.4. The number of hydrogen-bond donors (Lipinski definition) is 2. The molecule has 0 aromatic heterocycles. The number of benzene rings is 2. The van der Waals surface area contributed by atoms with E-state index in [0.717, 1.165) is 12.8 Å². The Labute approximate surface area is 173 Å². The Kier molecular flexibility index (Phi) is 6.71. The number of carbonyl (C=O) groups is 2. The molecule has 3 amide bonds. The normalized spacial score (nSPS) is 13.0. The number of halogens is 2. The highest BCUT2D eigenvalue weighted by molar-refractivity contribution is 5.96. The molecule has 0 radical (unpaired) electrons. The Bertz CT molecular complexity index is 919. The van der Waals surface area contributed by atoms with Crippen LogP contribution in [-0.4, -0.2) is 43.6 Å². The Balaban J connectivity index is 1.65. The number of anilines is 1. The van der Waals surface area contributed by atoms with Gasteiger partial charge in [-0.1, -0.05) is 12.1 Å². The highest BCUT2D eigenvalue weighted by Crippen LogP contribution is 2.30. The van der Waals surface area contributed by atoms with Gasteiger partial charge in [-0.2, -0.15) is 8.78 Å². The standard InChI is InChI=1S/C21H23F2N3O4/c1-26(12-13-6-9-17(30-20(22)23)18(10-13)29-2)19(27)14-4-3-5-16(11-14)25-21(28)24-15-7-8-15/h3-6,9-11,15,20H,7-8,12H2,1-2H3,(H2,24,25,28). The molecular weight excluding hydrogens is 396 g/mol. The van der Waals surface area contributed by atoms with Crippen LogP contribution in [-0.2, 0) is 6.54 Å². The van der Waals surface area contributed by atoms with Gasteiger partial charge in [0.2, 0.25) is 0 Å². The maximum Gasteiger partial charge on any atom is 0.387 e. The largest absolute Gasteiger partial charge is 0.493 e. The molecule has 2 N–H and O–H groups in total. The van der Waals surface area contributed by atoms with E-state index in [4.69, 9.17) is 4.74 Å². The van der Waals surface area contributed by atoms with Gasteiger partial charge in [-0.25, -0.2) is 4.79 Å². The highest BCUT2D eigenvalue weighted by Gasteiger charge is 2.23. The minimum atomic E-state index is -2.96. The smallest absolute Gasteiger partial charge is 0.387 e. The summed E-state index contributed by atoms with van der Waals surface area (Å²) in [5, 5.41) is 5.54. The Hall–Kier alpha value is -3.36. The molecule has 3 rings (SSSR count). The first-order valence-electron chi connectivity index (χ1n) is 9.40. The van der Waals surface area contributed by atoms with Crippen molar-refractivity contribution in [3.05, 3.63) is 53.6 Å². The van der Waals surface area contributed by atoms with Crippen molar-refractivity contribution < 1.29 is 27.8 Å². The second-order valence-electron chi connectivity index (χ2n) is 6.98. The maximum absolute atomic E-state index is 12.8. The van der Waals surface area contributed by atoms with Crippen molar-refractivity contribution >= 4 is 17.6 Å². The molecule has 30 heavy (non-hydrogen) atoms. The molecular formula is C21H23F2N3O4. The van der Waals surface area contributed by atoms with Gasteiger partial charge < -0.3 is 25.0 Å². The number of methoxy groups -OCH3 is 1. The lowest BCUT2D eigenvalue weighted by atomic mass is 10.1. The SMILES string of the molecule is COc1cc(CN(C)C(=O)c2cccc(NC(=O)NC3CC3)c2)ccc1OC(F)F. The van der Waals surface area contributed by atoms with Gasteiger partial charge in [-0.3, -0.25) is 4.79 Å². The second kappa shape index (κ2) is 9.43. The first kappa shape index (κ1) is 21.4. The van der Waals surface area contributed by atoms with Crippen molar-refractivity contribution in [1.29, 1.82) is 0 Å². The van der Waals surface area contributed by atoms with Crippen LogP contribution in [0, 0.1) is 0 Å². The summed E-state index contributed by atoms with van der Waals surface area (Å²) in [5.74, 6) is -0.178. The first-order chi connectivity index (χ1) is 14.4. The summed E-state index contributed by atoms with van der Waals surface area (Å²) in [4.78, 5) is 26.1. The first-order valence-corrected chi connectivity index (χ1v) is 9.40. The van der Waals surface area contributed by atoms with Crippen molar-refractivity contribution in [1.82, 2.24) is 10.2 Å². The molecule has 1 aliphatic rings. The van der Waals surface area contributed by atoms with Crippen LogP contribution in [0.3, 0.4) is 0 Å². The van der Waals surface area contributed by atoms with E-state index in [0.29, 0.717) is 16.8 Å². The van der Waals surface area contributed by atoms with Crippen LogP contribution in [0.15, 0.2) is 42.5 Å². The van der Waals surface area contributed by atoms with E-state index >= 15 is 0 Å². The summed E-state index contributed by atoms with van der Waals surface area (Å²) in [6.07, 6.45) is 1.97. The average molecular weight is 419 g/mol.